The van der Waals surface area contributed by atoms with Gasteiger partial charge in [-0.1, -0.05) is 6.07 Å². The van der Waals surface area contributed by atoms with Crippen molar-refractivity contribution in [2.45, 2.75) is 20.0 Å². The van der Waals surface area contributed by atoms with E-state index in [1.165, 1.54) is 0 Å². The fourth-order valence-corrected chi connectivity index (χ4v) is 0.872. The summed E-state index contributed by atoms with van der Waals surface area (Å²) in [5.41, 5.74) is 5.72. The minimum atomic E-state index is -0.0470. The third-order valence-electron chi connectivity index (χ3n) is 1.36. The van der Waals surface area contributed by atoms with Gasteiger partial charge >= 0.3 is 0 Å². The molecule has 1 aromatic heterocycles. The van der Waals surface area contributed by atoms with Crippen LogP contribution >= 0.6 is 0 Å². The third-order valence-corrected chi connectivity index (χ3v) is 1.36. The van der Waals surface area contributed by atoms with Crippen molar-refractivity contribution < 1.29 is 4.74 Å². The number of pyridine rings is 1. The molecule has 3 N–H and O–H groups in total. The summed E-state index contributed by atoms with van der Waals surface area (Å²) in [6, 6.07) is 5.18. The van der Waals surface area contributed by atoms with Crippen molar-refractivity contribution in [2.24, 2.45) is 5.73 Å². The fourth-order valence-electron chi connectivity index (χ4n) is 0.872. The molecule has 0 bridgehead atoms. The Balaban J connectivity index is 2.85. The molecule has 70 valence electrons. The highest BCUT2D eigenvalue weighted by atomic mass is 16.5. The lowest BCUT2D eigenvalue weighted by Crippen LogP contribution is -2.14. The van der Waals surface area contributed by atoms with Gasteiger partial charge in [0.05, 0.1) is 6.10 Å². The first kappa shape index (κ1) is 9.51. The number of rotatable bonds is 3. The Morgan fingerprint density at radius 3 is 2.77 bits per heavy atom. The van der Waals surface area contributed by atoms with Crippen molar-refractivity contribution >= 4 is 5.84 Å². The average Bonchev–Trinajstić information content (AvgIpc) is 2.03. The van der Waals surface area contributed by atoms with Crippen LogP contribution in [0.15, 0.2) is 18.2 Å². The maximum Gasteiger partial charge on any atom is 0.214 e. The van der Waals surface area contributed by atoms with Gasteiger partial charge in [0.1, 0.15) is 11.5 Å². The smallest absolute Gasteiger partial charge is 0.214 e. The molecule has 4 nitrogen and oxygen atoms in total. The molecule has 0 spiro atoms. The summed E-state index contributed by atoms with van der Waals surface area (Å²) in [7, 11) is 0. The lowest BCUT2D eigenvalue weighted by molar-refractivity contribution is 0.232. The van der Waals surface area contributed by atoms with Gasteiger partial charge in [0, 0.05) is 6.07 Å². The van der Waals surface area contributed by atoms with Gasteiger partial charge in [-0.3, -0.25) is 5.41 Å². The molecule has 0 amide bonds. The highest BCUT2D eigenvalue weighted by molar-refractivity contribution is 5.93. The number of nitrogens with one attached hydrogen (secondary N) is 1. The molecular formula is C9H13N3O. The minimum Gasteiger partial charge on any atom is -0.475 e. The first-order valence-corrected chi connectivity index (χ1v) is 4.07. The summed E-state index contributed by atoms with van der Waals surface area (Å²) < 4.78 is 5.34. The fraction of sp³-hybridized carbons (Fsp3) is 0.333. The molecule has 4 heteroatoms. The first-order chi connectivity index (χ1) is 6.09. The van der Waals surface area contributed by atoms with E-state index in [2.05, 4.69) is 4.98 Å². The zero-order valence-electron chi connectivity index (χ0n) is 7.74. The SMILES string of the molecule is CC(C)Oc1cccc(C(=N)N)n1. The van der Waals surface area contributed by atoms with E-state index < -0.39 is 0 Å². The molecule has 13 heavy (non-hydrogen) atoms. The van der Waals surface area contributed by atoms with Crippen molar-refractivity contribution in [3.63, 3.8) is 0 Å². The van der Waals surface area contributed by atoms with Crippen LogP contribution in [0.3, 0.4) is 0 Å². The van der Waals surface area contributed by atoms with E-state index in [9.17, 15) is 0 Å². The van der Waals surface area contributed by atoms with E-state index in [1.54, 1.807) is 18.2 Å². The maximum absolute atomic E-state index is 7.17. The molecule has 0 atom stereocenters. The second kappa shape index (κ2) is 3.89. The largest absolute Gasteiger partial charge is 0.475 e. The van der Waals surface area contributed by atoms with Crippen LogP contribution in [-0.2, 0) is 0 Å². The number of nitrogens with zero attached hydrogens (tertiary/aromatic N) is 1. The average molecular weight is 179 g/mol. The standard InChI is InChI=1S/C9H13N3O/c1-6(2)13-8-5-3-4-7(12-8)9(10)11/h3-6H,1-2H3,(H3,10,11). The Bertz CT molecular complexity index is 309. The van der Waals surface area contributed by atoms with Gasteiger partial charge in [0.25, 0.3) is 0 Å². The number of nitrogens with two attached hydrogens (primary N) is 1. The van der Waals surface area contributed by atoms with Gasteiger partial charge in [-0.25, -0.2) is 4.98 Å². The maximum atomic E-state index is 7.17. The zero-order chi connectivity index (χ0) is 9.84. The molecule has 0 saturated heterocycles. The van der Waals surface area contributed by atoms with E-state index in [1.807, 2.05) is 13.8 Å². The predicted octanol–water partition coefficient (Wildman–Crippen LogP) is 1.15. The van der Waals surface area contributed by atoms with Gasteiger partial charge in [-0.15, -0.1) is 0 Å². The van der Waals surface area contributed by atoms with Crippen LogP contribution in [0.5, 0.6) is 5.88 Å². The second-order valence-corrected chi connectivity index (χ2v) is 2.94. The van der Waals surface area contributed by atoms with Crippen molar-refractivity contribution in [1.82, 2.24) is 4.98 Å². The molecule has 0 aliphatic heterocycles. The van der Waals surface area contributed by atoms with Crippen LogP contribution in [0.1, 0.15) is 19.5 Å². The molecule has 1 aromatic rings. The summed E-state index contributed by atoms with van der Waals surface area (Å²) in [5.74, 6) is 0.455. The Kier molecular flexibility index (Phi) is 2.84. The molecule has 0 saturated carbocycles. The molecule has 0 radical (unpaired) electrons. The number of ether oxygens (including phenoxy) is 1. The molecule has 0 aliphatic rings. The Morgan fingerprint density at radius 1 is 1.54 bits per heavy atom. The predicted molar refractivity (Wildman–Crippen MR) is 51.0 cm³/mol. The molecule has 0 aromatic carbocycles. The van der Waals surface area contributed by atoms with Gasteiger partial charge < -0.3 is 10.5 Å². The van der Waals surface area contributed by atoms with Crippen LogP contribution in [-0.4, -0.2) is 16.9 Å². The molecule has 0 aliphatic carbocycles. The van der Waals surface area contributed by atoms with Crippen molar-refractivity contribution in [2.75, 3.05) is 0 Å². The third kappa shape index (κ3) is 2.74. The normalized spacial score (nSPS) is 10.1. The van der Waals surface area contributed by atoms with E-state index in [0.29, 0.717) is 11.6 Å². The first-order valence-electron chi connectivity index (χ1n) is 4.07. The number of amidine groups is 1. The lowest BCUT2D eigenvalue weighted by atomic mass is 10.3. The summed E-state index contributed by atoms with van der Waals surface area (Å²) in [6.45, 7) is 3.84. The summed E-state index contributed by atoms with van der Waals surface area (Å²) >= 11 is 0. The number of hydrogen-bond acceptors (Lipinski definition) is 3. The molecule has 1 heterocycles. The minimum absolute atomic E-state index is 0.0470. The lowest BCUT2D eigenvalue weighted by Gasteiger charge is -2.08. The number of hydrogen-bond donors (Lipinski definition) is 2. The van der Waals surface area contributed by atoms with Crippen LogP contribution in [0.2, 0.25) is 0 Å². The van der Waals surface area contributed by atoms with Gasteiger partial charge in [0.2, 0.25) is 5.88 Å². The van der Waals surface area contributed by atoms with Crippen molar-refractivity contribution in [1.29, 1.82) is 5.41 Å². The van der Waals surface area contributed by atoms with E-state index >= 15 is 0 Å². The molecule has 1 rings (SSSR count). The van der Waals surface area contributed by atoms with Crippen molar-refractivity contribution in [3.05, 3.63) is 23.9 Å². The van der Waals surface area contributed by atoms with E-state index in [-0.39, 0.29) is 11.9 Å². The van der Waals surface area contributed by atoms with Crippen LogP contribution in [0, 0.1) is 5.41 Å². The Labute approximate surface area is 77.2 Å². The Hall–Kier alpha value is -1.58. The van der Waals surface area contributed by atoms with Crippen LogP contribution in [0.4, 0.5) is 0 Å². The monoisotopic (exact) mass is 179 g/mol. The summed E-state index contributed by atoms with van der Waals surface area (Å²) in [5, 5.41) is 7.17. The highest BCUT2D eigenvalue weighted by Crippen LogP contribution is 2.08. The quantitative estimate of drug-likeness (QED) is 0.540. The topological polar surface area (TPSA) is 72.0 Å². The van der Waals surface area contributed by atoms with E-state index in [4.69, 9.17) is 15.9 Å². The van der Waals surface area contributed by atoms with E-state index in [0.717, 1.165) is 0 Å². The molecule has 0 unspecified atom stereocenters. The number of aromatic nitrogens is 1. The van der Waals surface area contributed by atoms with Crippen LogP contribution < -0.4 is 10.5 Å². The van der Waals surface area contributed by atoms with Gasteiger partial charge in [0.15, 0.2) is 0 Å². The van der Waals surface area contributed by atoms with Crippen molar-refractivity contribution in [3.8, 4) is 5.88 Å². The highest BCUT2D eigenvalue weighted by Gasteiger charge is 2.02. The number of nitrogen functional groups attached to an aromatic ring is 1. The Morgan fingerprint density at radius 2 is 2.23 bits per heavy atom. The summed E-state index contributed by atoms with van der Waals surface area (Å²) in [4.78, 5) is 4.04. The van der Waals surface area contributed by atoms with Gasteiger partial charge in [-0.2, -0.15) is 0 Å². The summed E-state index contributed by atoms with van der Waals surface area (Å²) in [6.07, 6.45) is 0.0784. The zero-order valence-corrected chi connectivity index (χ0v) is 7.74. The second-order valence-electron chi connectivity index (χ2n) is 2.94. The van der Waals surface area contributed by atoms with Crippen LogP contribution in [0.25, 0.3) is 0 Å². The molecular weight excluding hydrogens is 166 g/mol. The molecule has 0 fully saturated rings. The van der Waals surface area contributed by atoms with Gasteiger partial charge in [-0.05, 0) is 19.9 Å².